The Morgan fingerprint density at radius 2 is 2.00 bits per heavy atom. The van der Waals surface area contributed by atoms with Gasteiger partial charge in [0.2, 0.25) is 0 Å². The zero-order valence-corrected chi connectivity index (χ0v) is 12.5. The van der Waals surface area contributed by atoms with E-state index in [1.807, 2.05) is 25.1 Å². The van der Waals surface area contributed by atoms with Crippen LogP contribution in [0.5, 0.6) is 0 Å². The molecule has 0 atom stereocenters. The number of carbonyl (C=O) groups excluding carboxylic acids is 1. The molecule has 94 valence electrons. The molecular formula is C14H20BrNO. The molecule has 0 spiro atoms. The molecular weight excluding hydrogens is 278 g/mol. The first-order valence-electron chi connectivity index (χ1n) is 5.84. The molecule has 1 rings (SSSR count). The molecule has 0 aliphatic rings. The number of halogens is 1. The largest absolute Gasteiger partial charge is 0.352 e. The molecule has 0 radical (unpaired) electrons. The molecule has 0 bridgehead atoms. The molecule has 0 saturated heterocycles. The van der Waals surface area contributed by atoms with E-state index in [1.54, 1.807) is 0 Å². The standard InChI is InChI=1S/C14H20BrNO/c1-10-9-11(5-6-12(10)15)13(17)16-8-7-14(2,3)4/h5-6,9H,7-8H2,1-4H3,(H,16,17). The maximum Gasteiger partial charge on any atom is 0.251 e. The van der Waals surface area contributed by atoms with Gasteiger partial charge in [-0.15, -0.1) is 0 Å². The Labute approximate surface area is 112 Å². The molecule has 0 saturated carbocycles. The summed E-state index contributed by atoms with van der Waals surface area (Å²) in [4.78, 5) is 11.9. The number of aryl methyl sites for hydroxylation is 1. The van der Waals surface area contributed by atoms with Gasteiger partial charge in [0.1, 0.15) is 0 Å². The van der Waals surface area contributed by atoms with Crippen molar-refractivity contribution in [2.45, 2.75) is 34.1 Å². The van der Waals surface area contributed by atoms with E-state index >= 15 is 0 Å². The quantitative estimate of drug-likeness (QED) is 0.900. The van der Waals surface area contributed by atoms with Crippen LogP contribution in [0.4, 0.5) is 0 Å². The van der Waals surface area contributed by atoms with Crippen LogP contribution in [0.1, 0.15) is 43.1 Å². The summed E-state index contributed by atoms with van der Waals surface area (Å²) in [6.45, 7) is 9.21. The Morgan fingerprint density at radius 1 is 1.35 bits per heavy atom. The van der Waals surface area contributed by atoms with Gasteiger partial charge in [0.25, 0.3) is 5.91 Å². The molecule has 1 N–H and O–H groups in total. The summed E-state index contributed by atoms with van der Waals surface area (Å²) in [5.41, 5.74) is 2.05. The summed E-state index contributed by atoms with van der Waals surface area (Å²) in [7, 11) is 0. The van der Waals surface area contributed by atoms with Crippen molar-refractivity contribution in [1.29, 1.82) is 0 Å². The third-order valence-corrected chi connectivity index (χ3v) is 3.47. The van der Waals surface area contributed by atoms with Gasteiger partial charge in [-0.2, -0.15) is 0 Å². The minimum absolute atomic E-state index is 0.00449. The van der Waals surface area contributed by atoms with Crippen LogP contribution < -0.4 is 5.32 Å². The first-order chi connectivity index (χ1) is 7.79. The van der Waals surface area contributed by atoms with Crippen LogP contribution in [-0.4, -0.2) is 12.5 Å². The van der Waals surface area contributed by atoms with E-state index < -0.39 is 0 Å². The van der Waals surface area contributed by atoms with E-state index in [0.717, 1.165) is 28.6 Å². The van der Waals surface area contributed by atoms with Gasteiger partial charge in [0.05, 0.1) is 0 Å². The monoisotopic (exact) mass is 297 g/mol. The summed E-state index contributed by atoms with van der Waals surface area (Å²) < 4.78 is 1.03. The Bertz CT molecular complexity index is 407. The molecule has 2 nitrogen and oxygen atoms in total. The maximum atomic E-state index is 11.9. The molecule has 1 aromatic carbocycles. The zero-order valence-electron chi connectivity index (χ0n) is 10.9. The van der Waals surface area contributed by atoms with E-state index in [0.29, 0.717) is 0 Å². The Balaban J connectivity index is 2.56. The van der Waals surface area contributed by atoms with Gasteiger partial charge in [0.15, 0.2) is 0 Å². The van der Waals surface area contributed by atoms with Gasteiger partial charge in [-0.05, 0) is 42.5 Å². The number of hydrogen-bond acceptors (Lipinski definition) is 1. The second kappa shape index (κ2) is 5.67. The van der Waals surface area contributed by atoms with Crippen LogP contribution in [0.25, 0.3) is 0 Å². The normalized spacial score (nSPS) is 11.4. The number of amides is 1. The van der Waals surface area contributed by atoms with Gasteiger partial charge < -0.3 is 5.32 Å². The minimum Gasteiger partial charge on any atom is -0.352 e. The van der Waals surface area contributed by atoms with E-state index in [2.05, 4.69) is 42.0 Å². The minimum atomic E-state index is 0.00449. The lowest BCUT2D eigenvalue weighted by Crippen LogP contribution is -2.27. The number of hydrogen-bond donors (Lipinski definition) is 1. The van der Waals surface area contributed by atoms with E-state index in [1.165, 1.54) is 0 Å². The summed E-state index contributed by atoms with van der Waals surface area (Å²) in [6, 6.07) is 5.65. The lowest BCUT2D eigenvalue weighted by Gasteiger charge is -2.18. The fourth-order valence-electron chi connectivity index (χ4n) is 1.44. The molecule has 0 aliphatic heterocycles. The lowest BCUT2D eigenvalue weighted by atomic mass is 9.92. The summed E-state index contributed by atoms with van der Waals surface area (Å²) in [5, 5.41) is 2.95. The Hall–Kier alpha value is -0.830. The highest BCUT2D eigenvalue weighted by atomic mass is 79.9. The third kappa shape index (κ3) is 4.90. The number of carbonyl (C=O) groups is 1. The average molecular weight is 298 g/mol. The van der Waals surface area contributed by atoms with Gasteiger partial charge in [0, 0.05) is 16.6 Å². The smallest absolute Gasteiger partial charge is 0.251 e. The predicted octanol–water partition coefficient (Wildman–Crippen LogP) is 3.92. The van der Waals surface area contributed by atoms with Crippen molar-refractivity contribution in [3.8, 4) is 0 Å². The number of benzene rings is 1. The zero-order chi connectivity index (χ0) is 13.1. The Morgan fingerprint density at radius 3 is 2.53 bits per heavy atom. The van der Waals surface area contributed by atoms with E-state index in [9.17, 15) is 4.79 Å². The first kappa shape index (κ1) is 14.2. The van der Waals surface area contributed by atoms with Gasteiger partial charge >= 0.3 is 0 Å². The predicted molar refractivity (Wildman–Crippen MR) is 75.3 cm³/mol. The third-order valence-electron chi connectivity index (χ3n) is 2.58. The van der Waals surface area contributed by atoms with Crippen molar-refractivity contribution < 1.29 is 4.79 Å². The van der Waals surface area contributed by atoms with Crippen molar-refractivity contribution in [3.63, 3.8) is 0 Å². The van der Waals surface area contributed by atoms with Gasteiger partial charge in [-0.25, -0.2) is 0 Å². The van der Waals surface area contributed by atoms with Crippen molar-refractivity contribution in [2.75, 3.05) is 6.54 Å². The Kier molecular flexibility index (Phi) is 4.75. The fourth-order valence-corrected chi connectivity index (χ4v) is 1.69. The van der Waals surface area contributed by atoms with E-state index in [4.69, 9.17) is 0 Å². The molecule has 1 aromatic rings. The van der Waals surface area contributed by atoms with Crippen molar-refractivity contribution in [3.05, 3.63) is 33.8 Å². The molecule has 17 heavy (non-hydrogen) atoms. The first-order valence-corrected chi connectivity index (χ1v) is 6.63. The van der Waals surface area contributed by atoms with Crippen LogP contribution in [0.2, 0.25) is 0 Å². The van der Waals surface area contributed by atoms with E-state index in [-0.39, 0.29) is 11.3 Å². The second-order valence-electron chi connectivity index (χ2n) is 5.53. The van der Waals surface area contributed by atoms with Crippen LogP contribution in [0.15, 0.2) is 22.7 Å². The average Bonchev–Trinajstić information content (AvgIpc) is 2.20. The topological polar surface area (TPSA) is 29.1 Å². The number of nitrogens with one attached hydrogen (secondary N) is 1. The summed E-state index contributed by atoms with van der Waals surface area (Å²) >= 11 is 3.43. The number of rotatable bonds is 3. The van der Waals surface area contributed by atoms with Gasteiger partial charge in [-0.1, -0.05) is 36.7 Å². The molecule has 0 aromatic heterocycles. The lowest BCUT2D eigenvalue weighted by molar-refractivity contribution is 0.0949. The SMILES string of the molecule is Cc1cc(C(=O)NCCC(C)(C)C)ccc1Br. The summed E-state index contributed by atoms with van der Waals surface area (Å²) in [5.74, 6) is 0.00449. The highest BCUT2D eigenvalue weighted by Gasteiger charge is 2.11. The van der Waals surface area contributed by atoms with Crippen LogP contribution in [-0.2, 0) is 0 Å². The fraction of sp³-hybridized carbons (Fsp3) is 0.500. The van der Waals surface area contributed by atoms with Crippen LogP contribution in [0, 0.1) is 12.3 Å². The van der Waals surface area contributed by atoms with Crippen molar-refractivity contribution in [2.24, 2.45) is 5.41 Å². The van der Waals surface area contributed by atoms with Crippen LogP contribution >= 0.6 is 15.9 Å². The molecule has 0 unspecified atom stereocenters. The molecule has 3 heteroatoms. The second-order valence-corrected chi connectivity index (χ2v) is 6.38. The van der Waals surface area contributed by atoms with Crippen molar-refractivity contribution in [1.82, 2.24) is 5.32 Å². The van der Waals surface area contributed by atoms with Crippen LogP contribution in [0.3, 0.4) is 0 Å². The summed E-state index contributed by atoms with van der Waals surface area (Å²) in [6.07, 6.45) is 0.980. The molecule has 0 fully saturated rings. The highest BCUT2D eigenvalue weighted by Crippen LogP contribution is 2.18. The van der Waals surface area contributed by atoms with Crippen molar-refractivity contribution >= 4 is 21.8 Å². The highest BCUT2D eigenvalue weighted by molar-refractivity contribution is 9.10. The maximum absolute atomic E-state index is 11.9. The van der Waals surface area contributed by atoms with Gasteiger partial charge in [-0.3, -0.25) is 4.79 Å². The molecule has 1 amide bonds. The molecule has 0 aliphatic carbocycles. The molecule has 0 heterocycles.